The summed E-state index contributed by atoms with van der Waals surface area (Å²) >= 11 is 1.27. The Bertz CT molecular complexity index is 624. The Hall–Kier alpha value is -2.15. The van der Waals surface area contributed by atoms with Crippen LogP contribution in [0, 0.1) is 0 Å². The summed E-state index contributed by atoms with van der Waals surface area (Å²) in [5, 5.41) is 10.2. The van der Waals surface area contributed by atoms with Gasteiger partial charge in [-0.2, -0.15) is 0 Å². The minimum atomic E-state index is -0.600. The van der Waals surface area contributed by atoms with Gasteiger partial charge in [0.2, 0.25) is 0 Å². The lowest BCUT2D eigenvalue weighted by molar-refractivity contribution is -0.135. The van der Waals surface area contributed by atoms with Crippen molar-refractivity contribution in [1.29, 1.82) is 0 Å². The zero-order chi connectivity index (χ0) is 15.4. The fraction of sp³-hybridized carbons (Fsp3) is 0.286. The van der Waals surface area contributed by atoms with Gasteiger partial charge in [-0.1, -0.05) is 11.8 Å². The molecule has 0 amide bonds. The van der Waals surface area contributed by atoms with Crippen molar-refractivity contribution in [3.63, 3.8) is 0 Å². The Kier molecular flexibility index (Phi) is 4.74. The molecule has 1 N–H and O–H groups in total. The Morgan fingerprint density at radius 1 is 1.24 bits per heavy atom. The molecule has 112 valence electrons. The Labute approximate surface area is 126 Å². The second-order valence-corrected chi connectivity index (χ2v) is 5.02. The Morgan fingerprint density at radius 2 is 1.95 bits per heavy atom. The maximum absolute atomic E-state index is 11.7. The molecular formula is C14H15NO5S. The van der Waals surface area contributed by atoms with E-state index in [1.807, 2.05) is 0 Å². The van der Waals surface area contributed by atoms with Crippen LogP contribution in [0.25, 0.3) is 0 Å². The molecule has 0 aromatic heterocycles. The van der Waals surface area contributed by atoms with Gasteiger partial charge in [0.1, 0.15) is 16.4 Å². The predicted octanol–water partition coefficient (Wildman–Crippen LogP) is 2.47. The number of aliphatic hydroxyl groups is 1. The number of methoxy groups -OCH3 is 3. The SMILES string of the molecule is COC(=O)C1=C(O)CSC1=Nc1ccc(OC)c(OC)c1. The lowest BCUT2D eigenvalue weighted by atomic mass is 10.2. The van der Waals surface area contributed by atoms with E-state index in [4.69, 9.17) is 9.47 Å². The topological polar surface area (TPSA) is 77.4 Å². The van der Waals surface area contributed by atoms with Gasteiger partial charge in [0.15, 0.2) is 11.5 Å². The highest BCUT2D eigenvalue weighted by Crippen LogP contribution is 2.34. The molecular weight excluding hydrogens is 294 g/mol. The van der Waals surface area contributed by atoms with Gasteiger partial charge in [0.05, 0.1) is 32.8 Å². The second-order valence-electron chi connectivity index (χ2n) is 4.06. The number of carbonyl (C=O) groups excluding carboxylic acids is 1. The number of ether oxygens (including phenoxy) is 3. The summed E-state index contributed by atoms with van der Waals surface area (Å²) in [5.74, 6) is 0.807. The molecule has 0 aliphatic carbocycles. The summed E-state index contributed by atoms with van der Waals surface area (Å²) in [6, 6.07) is 5.15. The van der Waals surface area contributed by atoms with Crippen LogP contribution in [0.4, 0.5) is 5.69 Å². The molecule has 1 aliphatic heterocycles. The summed E-state index contributed by atoms with van der Waals surface area (Å²) < 4.78 is 15.0. The van der Waals surface area contributed by atoms with Crippen molar-refractivity contribution < 1.29 is 24.1 Å². The van der Waals surface area contributed by atoms with E-state index in [2.05, 4.69) is 9.73 Å². The maximum atomic E-state index is 11.7. The minimum absolute atomic E-state index is 0.0222. The molecule has 0 fully saturated rings. The molecule has 1 heterocycles. The first-order chi connectivity index (χ1) is 10.1. The van der Waals surface area contributed by atoms with E-state index in [9.17, 15) is 9.90 Å². The van der Waals surface area contributed by atoms with Crippen LogP contribution in [0.2, 0.25) is 0 Å². The lowest BCUT2D eigenvalue weighted by Crippen LogP contribution is -2.10. The van der Waals surface area contributed by atoms with Gasteiger partial charge >= 0.3 is 5.97 Å². The first-order valence-electron chi connectivity index (χ1n) is 6.05. The van der Waals surface area contributed by atoms with Gasteiger partial charge in [-0.05, 0) is 12.1 Å². The zero-order valence-electron chi connectivity index (χ0n) is 11.9. The number of rotatable bonds is 4. The van der Waals surface area contributed by atoms with E-state index in [1.54, 1.807) is 25.3 Å². The first-order valence-corrected chi connectivity index (χ1v) is 7.03. The van der Waals surface area contributed by atoms with Gasteiger partial charge in [-0.3, -0.25) is 0 Å². The highest BCUT2D eigenvalue weighted by Gasteiger charge is 2.28. The molecule has 7 heteroatoms. The van der Waals surface area contributed by atoms with Crippen LogP contribution in [-0.4, -0.2) is 43.2 Å². The molecule has 21 heavy (non-hydrogen) atoms. The number of hydrogen-bond donors (Lipinski definition) is 1. The van der Waals surface area contributed by atoms with Gasteiger partial charge in [-0.15, -0.1) is 0 Å². The molecule has 0 radical (unpaired) electrons. The zero-order valence-corrected chi connectivity index (χ0v) is 12.7. The summed E-state index contributed by atoms with van der Waals surface area (Å²) in [7, 11) is 4.34. The average Bonchev–Trinajstić information content (AvgIpc) is 2.87. The summed E-state index contributed by atoms with van der Waals surface area (Å²) in [5.41, 5.74) is 0.698. The van der Waals surface area contributed by atoms with Crippen molar-refractivity contribution >= 4 is 28.5 Å². The van der Waals surface area contributed by atoms with Crippen LogP contribution in [0.15, 0.2) is 34.5 Å². The van der Waals surface area contributed by atoms with E-state index in [0.29, 0.717) is 28.0 Å². The summed E-state index contributed by atoms with van der Waals surface area (Å²) in [6.45, 7) is 0. The maximum Gasteiger partial charge on any atom is 0.344 e. The number of aliphatic imine (C=N–C) groups is 1. The molecule has 0 atom stereocenters. The number of carbonyl (C=O) groups is 1. The molecule has 2 rings (SSSR count). The van der Waals surface area contributed by atoms with E-state index >= 15 is 0 Å². The molecule has 6 nitrogen and oxygen atoms in total. The summed E-state index contributed by atoms with van der Waals surface area (Å²) in [4.78, 5) is 16.0. The first kappa shape index (κ1) is 15.2. The van der Waals surface area contributed by atoms with Gasteiger partial charge in [0, 0.05) is 6.07 Å². The van der Waals surface area contributed by atoms with Crippen molar-refractivity contribution in [2.24, 2.45) is 4.99 Å². The normalized spacial score (nSPS) is 16.2. The third-order valence-corrected chi connectivity index (χ3v) is 3.82. The lowest BCUT2D eigenvalue weighted by Gasteiger charge is -2.08. The Morgan fingerprint density at radius 3 is 2.57 bits per heavy atom. The van der Waals surface area contributed by atoms with E-state index in [0.717, 1.165) is 0 Å². The van der Waals surface area contributed by atoms with Crippen molar-refractivity contribution in [2.45, 2.75) is 0 Å². The number of nitrogens with zero attached hydrogens (tertiary/aromatic N) is 1. The van der Waals surface area contributed by atoms with E-state index in [1.165, 1.54) is 26.0 Å². The highest BCUT2D eigenvalue weighted by molar-refractivity contribution is 8.15. The monoisotopic (exact) mass is 309 g/mol. The molecule has 0 saturated heterocycles. The van der Waals surface area contributed by atoms with Crippen LogP contribution in [0.5, 0.6) is 11.5 Å². The van der Waals surface area contributed by atoms with Crippen LogP contribution in [-0.2, 0) is 9.53 Å². The highest BCUT2D eigenvalue weighted by atomic mass is 32.2. The van der Waals surface area contributed by atoms with Crippen LogP contribution < -0.4 is 9.47 Å². The second kappa shape index (κ2) is 6.53. The Balaban J connectivity index is 2.38. The van der Waals surface area contributed by atoms with Gasteiger partial charge < -0.3 is 19.3 Å². The number of esters is 1. The smallest absolute Gasteiger partial charge is 0.344 e. The third kappa shape index (κ3) is 3.13. The standard InChI is InChI=1S/C14H15NO5S/c1-18-10-5-4-8(6-11(10)19-2)15-13-12(14(17)20-3)9(16)7-21-13/h4-6,16H,7H2,1-3H3. The van der Waals surface area contributed by atoms with Crippen LogP contribution in [0.1, 0.15) is 0 Å². The van der Waals surface area contributed by atoms with Gasteiger partial charge in [0.25, 0.3) is 0 Å². The number of aliphatic hydroxyl groups excluding tert-OH is 1. The molecule has 0 bridgehead atoms. The molecule has 1 aliphatic rings. The molecule has 0 saturated carbocycles. The van der Waals surface area contributed by atoms with Crippen molar-refractivity contribution in [1.82, 2.24) is 0 Å². The van der Waals surface area contributed by atoms with Crippen LogP contribution >= 0.6 is 11.8 Å². The largest absolute Gasteiger partial charge is 0.510 e. The quantitative estimate of drug-likeness (QED) is 0.861. The molecule has 1 aromatic rings. The third-order valence-electron chi connectivity index (χ3n) is 2.84. The van der Waals surface area contributed by atoms with Crippen molar-refractivity contribution in [3.05, 3.63) is 29.5 Å². The predicted molar refractivity (Wildman–Crippen MR) is 80.8 cm³/mol. The van der Waals surface area contributed by atoms with E-state index in [-0.39, 0.29) is 11.3 Å². The van der Waals surface area contributed by atoms with E-state index < -0.39 is 5.97 Å². The van der Waals surface area contributed by atoms with Gasteiger partial charge in [-0.25, -0.2) is 9.79 Å². The molecule has 1 aromatic carbocycles. The molecule has 0 spiro atoms. The van der Waals surface area contributed by atoms with Crippen molar-refractivity contribution in [3.8, 4) is 11.5 Å². The molecule has 0 unspecified atom stereocenters. The number of thioether (sulfide) groups is 1. The number of benzene rings is 1. The van der Waals surface area contributed by atoms with Crippen LogP contribution in [0.3, 0.4) is 0 Å². The summed E-state index contributed by atoms with van der Waals surface area (Å²) in [6.07, 6.45) is 0. The number of hydrogen-bond acceptors (Lipinski definition) is 7. The average molecular weight is 309 g/mol. The van der Waals surface area contributed by atoms with Crippen molar-refractivity contribution in [2.75, 3.05) is 27.1 Å². The fourth-order valence-corrected chi connectivity index (χ4v) is 2.74. The fourth-order valence-electron chi connectivity index (χ4n) is 1.81. The minimum Gasteiger partial charge on any atom is -0.510 e.